The molecule has 94 valence electrons. The molecule has 2 nitrogen and oxygen atoms in total. The monoisotopic (exact) mass is 262 g/mol. The van der Waals surface area contributed by atoms with Gasteiger partial charge in [0, 0.05) is 28.1 Å². The van der Waals surface area contributed by atoms with E-state index in [1.54, 1.807) is 6.07 Å². The Morgan fingerprint density at radius 1 is 1.39 bits per heavy atom. The topological polar surface area (TPSA) is 49.9 Å². The number of anilines is 1. The number of halogens is 1. The molecule has 0 amide bonds. The SMILES string of the molecule is N=Cc1cc(SCC2=CCCC=C2)c(F)cc1N. The third-order valence-electron chi connectivity index (χ3n) is 2.76. The van der Waals surface area contributed by atoms with Gasteiger partial charge in [-0.05, 0) is 30.5 Å². The molecule has 0 bridgehead atoms. The molecule has 3 N–H and O–H groups in total. The molecule has 1 aromatic rings. The van der Waals surface area contributed by atoms with Gasteiger partial charge in [-0.25, -0.2) is 4.39 Å². The van der Waals surface area contributed by atoms with Crippen molar-refractivity contribution in [3.63, 3.8) is 0 Å². The molecule has 0 saturated carbocycles. The molecule has 0 atom stereocenters. The predicted molar refractivity (Wildman–Crippen MR) is 75.9 cm³/mol. The van der Waals surface area contributed by atoms with E-state index in [4.69, 9.17) is 11.1 Å². The normalized spacial score (nSPS) is 14.4. The van der Waals surface area contributed by atoms with Gasteiger partial charge in [0.15, 0.2) is 0 Å². The molecule has 0 aliphatic heterocycles. The molecular weight excluding hydrogens is 247 g/mol. The Hall–Kier alpha value is -1.55. The Kier molecular flexibility index (Phi) is 4.20. The van der Waals surface area contributed by atoms with Gasteiger partial charge in [-0.15, -0.1) is 11.8 Å². The predicted octanol–water partition coefficient (Wildman–Crippen LogP) is 3.77. The quantitative estimate of drug-likeness (QED) is 0.493. The van der Waals surface area contributed by atoms with E-state index in [0.717, 1.165) is 24.8 Å². The van der Waals surface area contributed by atoms with Crippen LogP contribution < -0.4 is 5.73 Å². The molecule has 0 heterocycles. The molecule has 4 heteroatoms. The second-order valence-electron chi connectivity index (χ2n) is 4.10. The van der Waals surface area contributed by atoms with Crippen LogP contribution in [0.1, 0.15) is 18.4 Å². The number of thioether (sulfide) groups is 1. The molecule has 1 aromatic carbocycles. The lowest BCUT2D eigenvalue weighted by Crippen LogP contribution is -1.97. The number of benzene rings is 1. The number of rotatable bonds is 4. The Balaban J connectivity index is 2.11. The number of nitrogens with one attached hydrogen (secondary N) is 1. The fourth-order valence-electron chi connectivity index (χ4n) is 1.76. The summed E-state index contributed by atoms with van der Waals surface area (Å²) >= 11 is 1.44. The van der Waals surface area contributed by atoms with E-state index >= 15 is 0 Å². The van der Waals surface area contributed by atoms with E-state index in [-0.39, 0.29) is 5.82 Å². The number of hydrogen-bond acceptors (Lipinski definition) is 3. The van der Waals surface area contributed by atoms with Crippen LogP contribution in [0.25, 0.3) is 0 Å². The van der Waals surface area contributed by atoms with Crippen LogP contribution in [-0.4, -0.2) is 12.0 Å². The minimum absolute atomic E-state index is 0.309. The Labute approximate surface area is 110 Å². The van der Waals surface area contributed by atoms with Gasteiger partial charge in [0.1, 0.15) is 5.82 Å². The molecule has 0 saturated heterocycles. The zero-order valence-corrected chi connectivity index (χ0v) is 10.8. The summed E-state index contributed by atoms with van der Waals surface area (Å²) in [5, 5.41) is 7.22. The van der Waals surface area contributed by atoms with Crippen LogP contribution in [-0.2, 0) is 0 Å². The van der Waals surface area contributed by atoms with Crippen LogP contribution in [0.4, 0.5) is 10.1 Å². The molecular formula is C14H15FN2S. The highest BCUT2D eigenvalue weighted by atomic mass is 32.2. The summed E-state index contributed by atoms with van der Waals surface area (Å²) in [7, 11) is 0. The van der Waals surface area contributed by atoms with Gasteiger partial charge in [0.2, 0.25) is 0 Å². The maximum absolute atomic E-state index is 13.7. The zero-order chi connectivity index (χ0) is 13.0. The first-order valence-corrected chi connectivity index (χ1v) is 6.77. The average Bonchev–Trinajstić information content (AvgIpc) is 2.39. The third-order valence-corrected chi connectivity index (χ3v) is 3.86. The Morgan fingerprint density at radius 2 is 2.22 bits per heavy atom. The molecule has 0 spiro atoms. The van der Waals surface area contributed by atoms with Gasteiger partial charge in [0.25, 0.3) is 0 Å². The van der Waals surface area contributed by atoms with Crippen molar-refractivity contribution < 1.29 is 4.39 Å². The number of nitrogens with two attached hydrogens (primary N) is 1. The van der Waals surface area contributed by atoms with Crippen LogP contribution in [0, 0.1) is 11.2 Å². The van der Waals surface area contributed by atoms with Crippen molar-refractivity contribution >= 4 is 23.7 Å². The highest BCUT2D eigenvalue weighted by Crippen LogP contribution is 2.28. The van der Waals surface area contributed by atoms with Gasteiger partial charge in [-0.1, -0.05) is 18.2 Å². The smallest absolute Gasteiger partial charge is 0.138 e. The molecule has 0 radical (unpaired) electrons. The van der Waals surface area contributed by atoms with E-state index in [2.05, 4.69) is 18.2 Å². The highest BCUT2D eigenvalue weighted by Gasteiger charge is 2.08. The van der Waals surface area contributed by atoms with Gasteiger partial charge in [0.05, 0.1) is 0 Å². The van der Waals surface area contributed by atoms with Gasteiger partial charge >= 0.3 is 0 Å². The standard InChI is InChI=1S/C14H15FN2S/c15-12-7-13(17)11(8-16)6-14(12)18-9-10-4-2-1-3-5-10/h2,4-8,16H,1,3,9,17H2. The summed E-state index contributed by atoms with van der Waals surface area (Å²) in [6.07, 6.45) is 9.70. The van der Waals surface area contributed by atoms with E-state index in [1.807, 2.05) is 0 Å². The second-order valence-corrected chi connectivity index (χ2v) is 5.12. The second kappa shape index (κ2) is 5.87. The molecule has 0 fully saturated rings. The Bertz CT molecular complexity index is 521. The molecule has 0 aromatic heterocycles. The van der Waals surface area contributed by atoms with Gasteiger partial charge < -0.3 is 11.1 Å². The van der Waals surface area contributed by atoms with Crippen molar-refractivity contribution in [3.05, 3.63) is 47.3 Å². The molecule has 1 aliphatic carbocycles. The van der Waals surface area contributed by atoms with Crippen molar-refractivity contribution in [1.29, 1.82) is 5.41 Å². The fourth-order valence-corrected chi connectivity index (χ4v) is 2.70. The van der Waals surface area contributed by atoms with Crippen molar-refractivity contribution in [2.75, 3.05) is 11.5 Å². The van der Waals surface area contributed by atoms with Crippen molar-refractivity contribution in [3.8, 4) is 0 Å². The lowest BCUT2D eigenvalue weighted by Gasteiger charge is -2.09. The maximum atomic E-state index is 13.7. The first-order valence-electron chi connectivity index (χ1n) is 5.78. The van der Waals surface area contributed by atoms with Crippen molar-refractivity contribution in [1.82, 2.24) is 0 Å². The average molecular weight is 262 g/mol. The van der Waals surface area contributed by atoms with Crippen molar-refractivity contribution in [2.24, 2.45) is 0 Å². The molecule has 0 unspecified atom stereocenters. The summed E-state index contributed by atoms with van der Waals surface area (Å²) in [6, 6.07) is 2.92. The maximum Gasteiger partial charge on any atom is 0.138 e. The van der Waals surface area contributed by atoms with Crippen LogP contribution in [0.3, 0.4) is 0 Å². The molecule has 1 aliphatic rings. The third kappa shape index (κ3) is 3.01. The summed E-state index contributed by atoms with van der Waals surface area (Å²) in [5.74, 6) is 0.429. The lowest BCUT2D eigenvalue weighted by molar-refractivity contribution is 0.602. The first kappa shape index (κ1) is 12.9. The summed E-state index contributed by atoms with van der Waals surface area (Å²) < 4.78 is 13.7. The minimum atomic E-state index is -0.316. The summed E-state index contributed by atoms with van der Waals surface area (Å²) in [4.78, 5) is 0.544. The van der Waals surface area contributed by atoms with E-state index in [1.165, 1.54) is 23.4 Å². The lowest BCUT2D eigenvalue weighted by atomic mass is 10.1. The van der Waals surface area contributed by atoms with Gasteiger partial charge in [-0.3, -0.25) is 0 Å². The molecule has 2 rings (SSSR count). The number of hydrogen-bond donors (Lipinski definition) is 2. The van der Waals surface area contributed by atoms with E-state index in [0.29, 0.717) is 16.1 Å². The van der Waals surface area contributed by atoms with Crippen molar-refractivity contribution in [2.45, 2.75) is 17.7 Å². The number of nitrogen functional groups attached to an aromatic ring is 1. The van der Waals surface area contributed by atoms with E-state index in [9.17, 15) is 4.39 Å². The van der Waals surface area contributed by atoms with E-state index < -0.39 is 0 Å². The Morgan fingerprint density at radius 3 is 2.89 bits per heavy atom. The minimum Gasteiger partial charge on any atom is -0.398 e. The summed E-state index contributed by atoms with van der Waals surface area (Å²) in [5.41, 5.74) is 7.71. The highest BCUT2D eigenvalue weighted by molar-refractivity contribution is 7.99. The van der Waals surface area contributed by atoms with Crippen LogP contribution in [0.15, 0.2) is 40.8 Å². The van der Waals surface area contributed by atoms with Gasteiger partial charge in [-0.2, -0.15) is 0 Å². The van der Waals surface area contributed by atoms with Crippen LogP contribution in [0.5, 0.6) is 0 Å². The molecule has 18 heavy (non-hydrogen) atoms. The van der Waals surface area contributed by atoms with Crippen LogP contribution in [0.2, 0.25) is 0 Å². The van der Waals surface area contributed by atoms with Crippen LogP contribution >= 0.6 is 11.8 Å². The largest absolute Gasteiger partial charge is 0.398 e. The fraction of sp³-hybridized carbons (Fsp3) is 0.214. The zero-order valence-electron chi connectivity index (χ0n) is 9.95. The summed E-state index contributed by atoms with van der Waals surface area (Å²) in [6.45, 7) is 0. The number of allylic oxidation sites excluding steroid dienone is 3. The first-order chi connectivity index (χ1) is 8.70.